The molecule has 1 aromatic rings. The summed E-state index contributed by atoms with van der Waals surface area (Å²) < 4.78 is 5.08. The number of aliphatic hydroxyl groups is 1. The van der Waals surface area contributed by atoms with Crippen LogP contribution in [0.4, 0.5) is 0 Å². The Hall–Kier alpha value is -1.28. The van der Waals surface area contributed by atoms with E-state index in [0.717, 1.165) is 23.3 Å². The fourth-order valence-electron chi connectivity index (χ4n) is 1.23. The molecule has 0 heterocycles. The molecule has 0 aromatic heterocycles. The first kappa shape index (κ1) is 9.81. The molecule has 1 N–H and O–H groups in total. The Morgan fingerprint density at radius 3 is 2.77 bits per heavy atom. The zero-order chi connectivity index (χ0) is 9.68. The molecule has 0 fully saturated rings. The maximum absolute atomic E-state index is 9.03. The van der Waals surface area contributed by atoms with Crippen molar-refractivity contribution in [2.45, 2.75) is 13.0 Å². The van der Waals surface area contributed by atoms with Crippen LogP contribution in [0.2, 0.25) is 0 Å². The lowest BCUT2D eigenvalue weighted by Crippen LogP contribution is -1.94. The van der Waals surface area contributed by atoms with Gasteiger partial charge in [0, 0.05) is 0 Å². The molecule has 0 aliphatic carbocycles. The Morgan fingerprint density at radius 2 is 2.23 bits per heavy atom. The highest BCUT2D eigenvalue weighted by Gasteiger charge is 2.01. The van der Waals surface area contributed by atoms with Gasteiger partial charge in [0.1, 0.15) is 5.75 Å². The van der Waals surface area contributed by atoms with Crippen molar-refractivity contribution in [1.29, 1.82) is 0 Å². The third-order valence-corrected chi connectivity index (χ3v) is 1.95. The molecule has 0 aliphatic rings. The van der Waals surface area contributed by atoms with Crippen molar-refractivity contribution in [2.75, 3.05) is 7.11 Å². The van der Waals surface area contributed by atoms with Crippen LogP contribution in [0.5, 0.6) is 5.75 Å². The van der Waals surface area contributed by atoms with E-state index < -0.39 is 0 Å². The topological polar surface area (TPSA) is 29.5 Å². The molecule has 13 heavy (non-hydrogen) atoms. The predicted molar refractivity (Wildman–Crippen MR) is 52.8 cm³/mol. The largest absolute Gasteiger partial charge is 0.497 e. The van der Waals surface area contributed by atoms with Gasteiger partial charge in [-0.2, -0.15) is 0 Å². The summed E-state index contributed by atoms with van der Waals surface area (Å²) >= 11 is 0. The van der Waals surface area contributed by atoms with Gasteiger partial charge in [-0.1, -0.05) is 12.1 Å². The number of hydrogen-bond acceptors (Lipinski definition) is 2. The maximum atomic E-state index is 9.03. The molecule has 0 bridgehead atoms. The molecular weight excluding hydrogens is 164 g/mol. The van der Waals surface area contributed by atoms with Crippen molar-refractivity contribution in [3.8, 4) is 5.75 Å². The van der Waals surface area contributed by atoms with Crippen LogP contribution in [0.3, 0.4) is 0 Å². The zero-order valence-corrected chi connectivity index (χ0v) is 7.79. The normalized spacial score (nSPS) is 9.69. The van der Waals surface area contributed by atoms with Crippen LogP contribution < -0.4 is 4.74 Å². The summed E-state index contributed by atoms with van der Waals surface area (Å²) in [6, 6.07) is 5.64. The highest BCUT2D eigenvalue weighted by Crippen LogP contribution is 2.18. The summed E-state index contributed by atoms with van der Waals surface area (Å²) in [6.45, 7) is 3.73. The van der Waals surface area contributed by atoms with Gasteiger partial charge in [-0.25, -0.2) is 0 Å². The second-order valence-corrected chi connectivity index (χ2v) is 2.79. The Balaban J connectivity index is 3.01. The smallest absolute Gasteiger partial charge is 0.119 e. The molecule has 2 nitrogen and oxygen atoms in total. The van der Waals surface area contributed by atoms with Crippen molar-refractivity contribution >= 4 is 0 Å². The van der Waals surface area contributed by atoms with E-state index in [4.69, 9.17) is 9.84 Å². The first-order chi connectivity index (χ1) is 6.31. The van der Waals surface area contributed by atoms with Crippen molar-refractivity contribution in [3.05, 3.63) is 42.0 Å². The number of hydrogen-bond donors (Lipinski definition) is 1. The van der Waals surface area contributed by atoms with Gasteiger partial charge in [0.05, 0.1) is 13.7 Å². The Kier molecular flexibility index (Phi) is 3.53. The van der Waals surface area contributed by atoms with E-state index in [1.165, 1.54) is 0 Å². The first-order valence-corrected chi connectivity index (χ1v) is 4.19. The summed E-state index contributed by atoms with van der Waals surface area (Å²) in [6.07, 6.45) is 2.57. The van der Waals surface area contributed by atoms with E-state index >= 15 is 0 Å². The van der Waals surface area contributed by atoms with E-state index in [9.17, 15) is 0 Å². The number of ether oxygens (including phenoxy) is 1. The average Bonchev–Trinajstić information content (AvgIpc) is 2.18. The monoisotopic (exact) mass is 178 g/mol. The minimum atomic E-state index is 0.0627. The fraction of sp³-hybridized carbons (Fsp3) is 0.273. The fourth-order valence-corrected chi connectivity index (χ4v) is 1.23. The Labute approximate surface area is 78.5 Å². The summed E-state index contributed by atoms with van der Waals surface area (Å²) in [5.41, 5.74) is 2.00. The molecule has 0 aliphatic heterocycles. The summed E-state index contributed by atoms with van der Waals surface area (Å²) in [5.74, 6) is 0.814. The van der Waals surface area contributed by atoms with E-state index in [0.29, 0.717) is 0 Å². The van der Waals surface area contributed by atoms with E-state index in [1.54, 1.807) is 7.11 Å². The highest BCUT2D eigenvalue weighted by atomic mass is 16.5. The highest BCUT2D eigenvalue weighted by molar-refractivity contribution is 5.36. The van der Waals surface area contributed by atoms with E-state index in [1.807, 2.05) is 24.3 Å². The molecule has 0 saturated carbocycles. The van der Waals surface area contributed by atoms with E-state index in [2.05, 4.69) is 6.58 Å². The lowest BCUT2D eigenvalue weighted by atomic mass is 10.0. The SMILES string of the molecule is C=CCc1cc(OC)ccc1CO. The predicted octanol–water partition coefficient (Wildman–Crippen LogP) is 1.92. The third-order valence-electron chi connectivity index (χ3n) is 1.95. The summed E-state index contributed by atoms with van der Waals surface area (Å²) in [4.78, 5) is 0. The van der Waals surface area contributed by atoms with Gasteiger partial charge in [-0.15, -0.1) is 6.58 Å². The number of methoxy groups -OCH3 is 1. The van der Waals surface area contributed by atoms with Gasteiger partial charge >= 0.3 is 0 Å². The van der Waals surface area contributed by atoms with Crippen molar-refractivity contribution < 1.29 is 9.84 Å². The minimum Gasteiger partial charge on any atom is -0.497 e. The summed E-state index contributed by atoms with van der Waals surface area (Å²) in [7, 11) is 1.63. The van der Waals surface area contributed by atoms with Gasteiger partial charge in [0.2, 0.25) is 0 Å². The standard InChI is InChI=1S/C11H14O2/c1-3-4-9-7-11(13-2)6-5-10(9)8-12/h3,5-7,12H,1,4,8H2,2H3. The lowest BCUT2D eigenvalue weighted by Gasteiger charge is -2.07. The van der Waals surface area contributed by atoms with Gasteiger partial charge in [0.25, 0.3) is 0 Å². The van der Waals surface area contributed by atoms with Crippen LogP contribution in [-0.4, -0.2) is 12.2 Å². The van der Waals surface area contributed by atoms with Crippen LogP contribution >= 0.6 is 0 Å². The van der Waals surface area contributed by atoms with Gasteiger partial charge < -0.3 is 9.84 Å². The van der Waals surface area contributed by atoms with Crippen LogP contribution in [0, 0.1) is 0 Å². The van der Waals surface area contributed by atoms with E-state index in [-0.39, 0.29) is 6.61 Å². The molecule has 2 heteroatoms. The van der Waals surface area contributed by atoms with Crippen LogP contribution in [0.25, 0.3) is 0 Å². The van der Waals surface area contributed by atoms with Crippen molar-refractivity contribution in [2.24, 2.45) is 0 Å². The molecule has 0 atom stereocenters. The van der Waals surface area contributed by atoms with Gasteiger partial charge in [0.15, 0.2) is 0 Å². The molecule has 0 unspecified atom stereocenters. The number of benzene rings is 1. The van der Waals surface area contributed by atoms with Crippen molar-refractivity contribution in [3.63, 3.8) is 0 Å². The van der Waals surface area contributed by atoms with Crippen LogP contribution in [0.15, 0.2) is 30.9 Å². The molecule has 0 saturated heterocycles. The molecule has 1 aromatic carbocycles. The Bertz CT molecular complexity index is 292. The second kappa shape index (κ2) is 4.67. The van der Waals surface area contributed by atoms with Crippen LogP contribution in [-0.2, 0) is 13.0 Å². The number of rotatable bonds is 4. The third kappa shape index (κ3) is 2.33. The second-order valence-electron chi connectivity index (χ2n) is 2.79. The van der Waals surface area contributed by atoms with Gasteiger partial charge in [-0.3, -0.25) is 0 Å². The lowest BCUT2D eigenvalue weighted by molar-refractivity contribution is 0.280. The average molecular weight is 178 g/mol. The molecule has 70 valence electrons. The molecule has 0 radical (unpaired) electrons. The van der Waals surface area contributed by atoms with Crippen molar-refractivity contribution in [1.82, 2.24) is 0 Å². The quantitative estimate of drug-likeness (QED) is 0.714. The Morgan fingerprint density at radius 1 is 1.46 bits per heavy atom. The van der Waals surface area contributed by atoms with Crippen LogP contribution in [0.1, 0.15) is 11.1 Å². The molecule has 0 spiro atoms. The minimum absolute atomic E-state index is 0.0627. The molecule has 1 rings (SSSR count). The summed E-state index contributed by atoms with van der Waals surface area (Å²) in [5, 5.41) is 9.03. The first-order valence-electron chi connectivity index (χ1n) is 4.19. The van der Waals surface area contributed by atoms with Gasteiger partial charge in [-0.05, 0) is 29.7 Å². The molecular formula is C11H14O2. The number of aliphatic hydroxyl groups excluding tert-OH is 1. The zero-order valence-electron chi connectivity index (χ0n) is 7.79. The number of allylic oxidation sites excluding steroid dienone is 1. The molecule has 0 amide bonds. The maximum Gasteiger partial charge on any atom is 0.119 e.